The fraction of sp³-hybridized carbons (Fsp3) is 0.250. The molecule has 0 aromatic heterocycles. The predicted molar refractivity (Wildman–Crippen MR) is 71.7 cm³/mol. The van der Waals surface area contributed by atoms with Crippen molar-refractivity contribution in [3.63, 3.8) is 0 Å². The SMILES string of the molecule is CCC/C=C/Cc1cccc2ccccc12. The molecule has 0 aliphatic rings. The van der Waals surface area contributed by atoms with Crippen LogP contribution in [0.2, 0.25) is 0 Å². The normalized spacial score (nSPS) is 11.3. The fourth-order valence-corrected chi connectivity index (χ4v) is 1.97. The van der Waals surface area contributed by atoms with Gasteiger partial charge < -0.3 is 0 Å². The zero-order chi connectivity index (χ0) is 11.2. The lowest BCUT2D eigenvalue weighted by Crippen LogP contribution is -1.83. The van der Waals surface area contributed by atoms with Crippen LogP contribution < -0.4 is 0 Å². The highest BCUT2D eigenvalue weighted by Crippen LogP contribution is 2.19. The van der Waals surface area contributed by atoms with Crippen LogP contribution in [0.1, 0.15) is 25.3 Å². The molecule has 0 saturated heterocycles. The Kier molecular flexibility index (Phi) is 3.76. The van der Waals surface area contributed by atoms with Gasteiger partial charge in [0.1, 0.15) is 0 Å². The summed E-state index contributed by atoms with van der Waals surface area (Å²) in [6, 6.07) is 15.1. The summed E-state index contributed by atoms with van der Waals surface area (Å²) in [7, 11) is 0. The van der Waals surface area contributed by atoms with Crippen molar-refractivity contribution in [2.75, 3.05) is 0 Å². The molecule has 0 heteroatoms. The second kappa shape index (κ2) is 5.50. The zero-order valence-corrected chi connectivity index (χ0v) is 9.82. The summed E-state index contributed by atoms with van der Waals surface area (Å²) in [5.74, 6) is 0. The lowest BCUT2D eigenvalue weighted by atomic mass is 10.0. The molecule has 0 fully saturated rings. The first kappa shape index (κ1) is 10.9. The Morgan fingerprint density at radius 1 is 0.938 bits per heavy atom. The minimum absolute atomic E-state index is 1.04. The fourth-order valence-electron chi connectivity index (χ4n) is 1.97. The van der Waals surface area contributed by atoms with Crippen molar-refractivity contribution < 1.29 is 0 Å². The number of hydrogen-bond acceptors (Lipinski definition) is 0. The monoisotopic (exact) mass is 210 g/mol. The summed E-state index contributed by atoms with van der Waals surface area (Å²) < 4.78 is 0. The van der Waals surface area contributed by atoms with Crippen LogP contribution in [-0.4, -0.2) is 0 Å². The van der Waals surface area contributed by atoms with E-state index in [0.29, 0.717) is 0 Å². The van der Waals surface area contributed by atoms with Gasteiger partial charge in [-0.3, -0.25) is 0 Å². The summed E-state index contributed by atoms with van der Waals surface area (Å²) >= 11 is 0. The Bertz CT molecular complexity index is 475. The van der Waals surface area contributed by atoms with Gasteiger partial charge in [-0.15, -0.1) is 0 Å². The quantitative estimate of drug-likeness (QED) is 0.639. The van der Waals surface area contributed by atoms with Gasteiger partial charge in [0, 0.05) is 0 Å². The van der Waals surface area contributed by atoms with Gasteiger partial charge in [-0.2, -0.15) is 0 Å². The van der Waals surface area contributed by atoms with E-state index in [2.05, 4.69) is 61.5 Å². The third-order valence-electron chi connectivity index (χ3n) is 2.84. The van der Waals surface area contributed by atoms with E-state index in [-0.39, 0.29) is 0 Å². The molecule has 0 spiro atoms. The average molecular weight is 210 g/mol. The van der Waals surface area contributed by atoms with E-state index in [1.165, 1.54) is 29.2 Å². The van der Waals surface area contributed by atoms with Gasteiger partial charge in [-0.1, -0.05) is 68.0 Å². The Morgan fingerprint density at radius 2 is 1.75 bits per heavy atom. The first-order chi connectivity index (χ1) is 7.92. The van der Waals surface area contributed by atoms with E-state index in [1.807, 2.05) is 0 Å². The highest BCUT2D eigenvalue weighted by molar-refractivity contribution is 5.85. The lowest BCUT2D eigenvalue weighted by molar-refractivity contribution is 0.954. The van der Waals surface area contributed by atoms with Gasteiger partial charge in [0.05, 0.1) is 0 Å². The molecule has 0 saturated carbocycles. The van der Waals surface area contributed by atoms with E-state index in [9.17, 15) is 0 Å². The standard InChI is InChI=1S/C16H18/c1-2-3-4-5-9-14-11-8-12-15-10-6-7-13-16(14)15/h4-8,10-13H,2-3,9H2,1H3/b5-4+. The Hall–Kier alpha value is -1.56. The number of rotatable bonds is 4. The Labute approximate surface area is 97.6 Å². The molecular weight excluding hydrogens is 192 g/mol. The Balaban J connectivity index is 2.23. The molecule has 0 unspecified atom stereocenters. The number of fused-ring (bicyclic) bond motifs is 1. The predicted octanol–water partition coefficient (Wildman–Crippen LogP) is 4.74. The molecule has 16 heavy (non-hydrogen) atoms. The van der Waals surface area contributed by atoms with Gasteiger partial charge in [-0.05, 0) is 29.2 Å². The first-order valence-corrected chi connectivity index (χ1v) is 6.03. The third-order valence-corrected chi connectivity index (χ3v) is 2.84. The highest BCUT2D eigenvalue weighted by Gasteiger charge is 1.97. The minimum Gasteiger partial charge on any atom is -0.0882 e. The summed E-state index contributed by atoms with van der Waals surface area (Å²) in [4.78, 5) is 0. The van der Waals surface area contributed by atoms with Crippen molar-refractivity contribution >= 4 is 10.8 Å². The zero-order valence-electron chi connectivity index (χ0n) is 9.82. The van der Waals surface area contributed by atoms with E-state index in [1.54, 1.807) is 0 Å². The molecule has 2 rings (SSSR count). The van der Waals surface area contributed by atoms with Crippen LogP contribution in [0.4, 0.5) is 0 Å². The van der Waals surface area contributed by atoms with Crippen molar-refractivity contribution in [2.45, 2.75) is 26.2 Å². The molecule has 0 atom stereocenters. The van der Waals surface area contributed by atoms with Gasteiger partial charge in [0.2, 0.25) is 0 Å². The minimum atomic E-state index is 1.04. The largest absolute Gasteiger partial charge is 0.0882 e. The number of unbranched alkanes of at least 4 members (excludes halogenated alkanes) is 1. The maximum Gasteiger partial charge on any atom is -0.00913 e. The van der Waals surface area contributed by atoms with Crippen LogP contribution in [0.3, 0.4) is 0 Å². The molecule has 0 amide bonds. The lowest BCUT2D eigenvalue weighted by Gasteiger charge is -2.03. The van der Waals surface area contributed by atoms with Crippen LogP contribution in [0.5, 0.6) is 0 Å². The first-order valence-electron chi connectivity index (χ1n) is 6.03. The molecule has 0 heterocycles. The number of hydrogen-bond donors (Lipinski definition) is 0. The van der Waals surface area contributed by atoms with Gasteiger partial charge in [0.15, 0.2) is 0 Å². The van der Waals surface area contributed by atoms with Gasteiger partial charge in [0.25, 0.3) is 0 Å². The molecule has 82 valence electrons. The topological polar surface area (TPSA) is 0 Å². The van der Waals surface area contributed by atoms with Crippen molar-refractivity contribution in [3.8, 4) is 0 Å². The second-order valence-corrected chi connectivity index (χ2v) is 4.10. The summed E-state index contributed by atoms with van der Waals surface area (Å²) in [6.07, 6.45) is 8.02. The van der Waals surface area contributed by atoms with Crippen LogP contribution in [-0.2, 0) is 6.42 Å². The molecule has 0 aliphatic heterocycles. The van der Waals surface area contributed by atoms with Crippen LogP contribution in [0, 0.1) is 0 Å². The second-order valence-electron chi connectivity index (χ2n) is 4.10. The molecule has 0 nitrogen and oxygen atoms in total. The maximum atomic E-state index is 2.28. The molecule has 0 N–H and O–H groups in total. The summed E-state index contributed by atoms with van der Waals surface area (Å²) in [6.45, 7) is 2.21. The average Bonchev–Trinajstić information content (AvgIpc) is 2.35. The number of benzene rings is 2. The highest BCUT2D eigenvalue weighted by atomic mass is 14.0. The van der Waals surface area contributed by atoms with Crippen molar-refractivity contribution in [1.82, 2.24) is 0 Å². The van der Waals surface area contributed by atoms with Crippen molar-refractivity contribution in [3.05, 3.63) is 60.2 Å². The van der Waals surface area contributed by atoms with Crippen LogP contribution >= 0.6 is 0 Å². The Morgan fingerprint density at radius 3 is 2.62 bits per heavy atom. The van der Waals surface area contributed by atoms with Crippen molar-refractivity contribution in [2.24, 2.45) is 0 Å². The molecule has 0 radical (unpaired) electrons. The number of allylic oxidation sites excluding steroid dienone is 2. The van der Waals surface area contributed by atoms with E-state index in [4.69, 9.17) is 0 Å². The van der Waals surface area contributed by atoms with Gasteiger partial charge >= 0.3 is 0 Å². The summed E-state index contributed by atoms with van der Waals surface area (Å²) in [5.41, 5.74) is 1.42. The molecule has 2 aromatic carbocycles. The summed E-state index contributed by atoms with van der Waals surface area (Å²) in [5, 5.41) is 2.72. The maximum absolute atomic E-state index is 2.28. The third kappa shape index (κ3) is 2.52. The van der Waals surface area contributed by atoms with Crippen LogP contribution in [0.25, 0.3) is 10.8 Å². The molecule has 0 bridgehead atoms. The molecule has 2 aromatic rings. The molecule has 0 aliphatic carbocycles. The smallest absolute Gasteiger partial charge is 0.00913 e. The van der Waals surface area contributed by atoms with E-state index in [0.717, 1.165) is 6.42 Å². The van der Waals surface area contributed by atoms with Gasteiger partial charge in [-0.25, -0.2) is 0 Å². The van der Waals surface area contributed by atoms with Crippen molar-refractivity contribution in [1.29, 1.82) is 0 Å². The van der Waals surface area contributed by atoms with Crippen LogP contribution in [0.15, 0.2) is 54.6 Å². The van der Waals surface area contributed by atoms with E-state index < -0.39 is 0 Å². The molecular formula is C16H18. The van der Waals surface area contributed by atoms with E-state index >= 15 is 0 Å².